The molecule has 1 aliphatic heterocycles. The zero-order valence-electron chi connectivity index (χ0n) is 8.33. The summed E-state index contributed by atoms with van der Waals surface area (Å²) in [5.41, 5.74) is 1.16. The van der Waals surface area contributed by atoms with E-state index in [0.717, 1.165) is 23.6 Å². The molecule has 0 aromatic carbocycles. The van der Waals surface area contributed by atoms with Gasteiger partial charge in [-0.15, -0.1) is 0 Å². The van der Waals surface area contributed by atoms with Crippen molar-refractivity contribution >= 4 is 5.82 Å². The lowest BCUT2D eigenvalue weighted by atomic mass is 10.2. The maximum absolute atomic E-state index is 4.24. The van der Waals surface area contributed by atoms with Gasteiger partial charge in [-0.3, -0.25) is 0 Å². The minimum absolute atomic E-state index is 0.812. The van der Waals surface area contributed by atoms with Crippen LogP contribution in [-0.2, 0) is 6.42 Å². The van der Waals surface area contributed by atoms with Gasteiger partial charge < -0.3 is 5.32 Å². The third-order valence-corrected chi connectivity index (χ3v) is 1.66. The number of allylic oxidation sites excluding steroid dienone is 1. The van der Waals surface area contributed by atoms with Crippen molar-refractivity contribution in [2.75, 3.05) is 5.32 Å². The Balaban J connectivity index is 0.000000396. The molecule has 70 valence electrons. The average Bonchev–Trinajstić information content (AvgIpc) is 2.21. The third-order valence-electron chi connectivity index (χ3n) is 1.66. The first kappa shape index (κ1) is 9.71. The summed E-state index contributed by atoms with van der Waals surface area (Å²) in [4.78, 5) is 8.35. The maximum Gasteiger partial charge on any atom is 0.137 e. The lowest BCUT2D eigenvalue weighted by molar-refractivity contribution is 1.01. The number of aryl methyl sites for hydroxylation is 1. The number of aromatic nitrogens is 2. The third kappa shape index (κ3) is 2.28. The minimum atomic E-state index is 0.812. The van der Waals surface area contributed by atoms with E-state index in [2.05, 4.69) is 21.4 Å². The molecule has 0 atom stereocenters. The number of fused-ring (bicyclic) bond motifs is 1. The van der Waals surface area contributed by atoms with Gasteiger partial charge in [0.25, 0.3) is 0 Å². The predicted molar refractivity (Wildman–Crippen MR) is 54.6 cm³/mol. The molecule has 1 aromatic rings. The van der Waals surface area contributed by atoms with Crippen molar-refractivity contribution in [1.82, 2.24) is 9.97 Å². The summed E-state index contributed by atoms with van der Waals surface area (Å²) in [5.74, 6) is 1.76. The highest BCUT2D eigenvalue weighted by atomic mass is 15.0. The van der Waals surface area contributed by atoms with Crippen LogP contribution in [0.25, 0.3) is 0 Å². The van der Waals surface area contributed by atoms with Crippen LogP contribution in [0.2, 0.25) is 0 Å². The smallest absolute Gasteiger partial charge is 0.137 e. The zero-order chi connectivity index (χ0) is 9.68. The molecule has 3 heteroatoms. The normalized spacial score (nSPS) is 12.2. The lowest BCUT2D eigenvalue weighted by Crippen LogP contribution is -2.04. The van der Waals surface area contributed by atoms with Crippen molar-refractivity contribution in [3.63, 3.8) is 0 Å². The number of anilines is 1. The molecular weight excluding hydrogens is 162 g/mol. The molecule has 2 heterocycles. The van der Waals surface area contributed by atoms with Crippen LogP contribution in [0.1, 0.15) is 25.2 Å². The fourth-order valence-corrected chi connectivity index (χ4v) is 1.09. The molecule has 13 heavy (non-hydrogen) atoms. The van der Waals surface area contributed by atoms with Crippen LogP contribution in [0.3, 0.4) is 0 Å². The van der Waals surface area contributed by atoms with Crippen molar-refractivity contribution in [2.24, 2.45) is 0 Å². The standard InChI is InChI=1S/C8H9N3.C2H6/c1-6-10-5-7-3-2-4-9-8(7)11-6;1-2/h2,4-5H,3H2,1H3,(H,9,10,11);1-2H3. The van der Waals surface area contributed by atoms with E-state index < -0.39 is 0 Å². The quantitative estimate of drug-likeness (QED) is 0.660. The largest absolute Gasteiger partial charge is 0.347 e. The first-order chi connectivity index (χ1) is 6.36. The Morgan fingerprint density at radius 2 is 2.15 bits per heavy atom. The van der Waals surface area contributed by atoms with Crippen LogP contribution in [-0.4, -0.2) is 9.97 Å². The Bertz CT molecular complexity index is 305. The zero-order valence-corrected chi connectivity index (χ0v) is 8.33. The summed E-state index contributed by atoms with van der Waals surface area (Å²) in [6.07, 6.45) is 6.77. The van der Waals surface area contributed by atoms with Crippen LogP contribution in [0, 0.1) is 6.92 Å². The molecule has 3 nitrogen and oxygen atoms in total. The summed E-state index contributed by atoms with van der Waals surface area (Å²) in [5, 5.41) is 3.07. The molecule has 1 aliphatic rings. The van der Waals surface area contributed by atoms with Crippen LogP contribution in [0.15, 0.2) is 18.5 Å². The number of nitrogens with zero attached hydrogens (tertiary/aromatic N) is 2. The van der Waals surface area contributed by atoms with E-state index in [-0.39, 0.29) is 0 Å². The van der Waals surface area contributed by atoms with Crippen molar-refractivity contribution < 1.29 is 0 Å². The second-order valence-corrected chi connectivity index (χ2v) is 2.54. The van der Waals surface area contributed by atoms with Crippen molar-refractivity contribution in [3.8, 4) is 0 Å². The topological polar surface area (TPSA) is 37.8 Å². The highest BCUT2D eigenvalue weighted by molar-refractivity contribution is 5.48. The molecule has 1 N–H and O–H groups in total. The van der Waals surface area contributed by atoms with Gasteiger partial charge in [-0.1, -0.05) is 19.9 Å². The van der Waals surface area contributed by atoms with Gasteiger partial charge in [0, 0.05) is 11.8 Å². The van der Waals surface area contributed by atoms with E-state index in [9.17, 15) is 0 Å². The summed E-state index contributed by atoms with van der Waals surface area (Å²) >= 11 is 0. The molecule has 0 saturated heterocycles. The number of nitrogens with one attached hydrogen (secondary N) is 1. The second-order valence-electron chi connectivity index (χ2n) is 2.54. The Hall–Kier alpha value is -1.38. The van der Waals surface area contributed by atoms with Crippen LogP contribution in [0.5, 0.6) is 0 Å². The van der Waals surface area contributed by atoms with E-state index in [1.807, 2.05) is 33.2 Å². The van der Waals surface area contributed by atoms with Crippen LogP contribution >= 0.6 is 0 Å². The molecule has 1 aromatic heterocycles. The monoisotopic (exact) mass is 177 g/mol. The molecule has 0 saturated carbocycles. The molecule has 0 bridgehead atoms. The van der Waals surface area contributed by atoms with E-state index in [1.165, 1.54) is 0 Å². The molecule has 2 rings (SSSR count). The van der Waals surface area contributed by atoms with E-state index in [1.54, 1.807) is 0 Å². The molecular formula is C10H15N3. The lowest BCUT2D eigenvalue weighted by Gasteiger charge is -2.10. The number of hydrogen-bond acceptors (Lipinski definition) is 3. The van der Waals surface area contributed by atoms with Gasteiger partial charge in [0.05, 0.1) is 0 Å². The van der Waals surface area contributed by atoms with Crippen LogP contribution in [0.4, 0.5) is 5.82 Å². The Morgan fingerprint density at radius 1 is 1.38 bits per heavy atom. The summed E-state index contributed by atoms with van der Waals surface area (Å²) < 4.78 is 0. The SMILES string of the molecule is CC.Cc1ncc2c(n1)NC=CC2. The van der Waals surface area contributed by atoms with Gasteiger partial charge in [0.1, 0.15) is 11.6 Å². The van der Waals surface area contributed by atoms with Crippen molar-refractivity contribution in [1.29, 1.82) is 0 Å². The molecule has 0 aliphatic carbocycles. The van der Waals surface area contributed by atoms with E-state index >= 15 is 0 Å². The Morgan fingerprint density at radius 3 is 2.92 bits per heavy atom. The van der Waals surface area contributed by atoms with E-state index in [0.29, 0.717) is 0 Å². The molecule has 0 fully saturated rings. The van der Waals surface area contributed by atoms with Crippen LogP contribution < -0.4 is 5.32 Å². The second kappa shape index (κ2) is 4.60. The first-order valence-electron chi connectivity index (χ1n) is 4.60. The predicted octanol–water partition coefficient (Wildman–Crippen LogP) is 2.29. The van der Waals surface area contributed by atoms with Gasteiger partial charge in [-0.2, -0.15) is 0 Å². The van der Waals surface area contributed by atoms with Gasteiger partial charge in [0.15, 0.2) is 0 Å². The Kier molecular flexibility index (Phi) is 3.43. The van der Waals surface area contributed by atoms with Gasteiger partial charge >= 0.3 is 0 Å². The van der Waals surface area contributed by atoms with Crippen molar-refractivity contribution in [3.05, 3.63) is 29.9 Å². The molecule has 0 amide bonds. The van der Waals surface area contributed by atoms with Gasteiger partial charge in [-0.25, -0.2) is 9.97 Å². The maximum atomic E-state index is 4.24. The van der Waals surface area contributed by atoms with E-state index in [4.69, 9.17) is 0 Å². The molecule has 0 spiro atoms. The average molecular weight is 177 g/mol. The summed E-state index contributed by atoms with van der Waals surface area (Å²) in [6.45, 7) is 5.89. The minimum Gasteiger partial charge on any atom is -0.347 e. The fourth-order valence-electron chi connectivity index (χ4n) is 1.09. The summed E-state index contributed by atoms with van der Waals surface area (Å²) in [7, 11) is 0. The highest BCUT2D eigenvalue weighted by Crippen LogP contribution is 2.15. The van der Waals surface area contributed by atoms with Crippen molar-refractivity contribution in [2.45, 2.75) is 27.2 Å². The first-order valence-corrected chi connectivity index (χ1v) is 4.60. The Labute approximate surface area is 78.9 Å². The number of hydrogen-bond donors (Lipinski definition) is 1. The molecule has 0 radical (unpaired) electrons. The fraction of sp³-hybridized carbons (Fsp3) is 0.400. The number of rotatable bonds is 0. The van der Waals surface area contributed by atoms with Gasteiger partial charge in [0.2, 0.25) is 0 Å². The van der Waals surface area contributed by atoms with Gasteiger partial charge in [-0.05, 0) is 19.5 Å². The molecule has 0 unspecified atom stereocenters. The highest BCUT2D eigenvalue weighted by Gasteiger charge is 2.05. The summed E-state index contributed by atoms with van der Waals surface area (Å²) in [6, 6.07) is 0.